The van der Waals surface area contributed by atoms with Gasteiger partial charge in [0.1, 0.15) is 0 Å². The highest BCUT2D eigenvalue weighted by Crippen LogP contribution is 2.24. The van der Waals surface area contributed by atoms with Crippen LogP contribution in [0.4, 0.5) is 0 Å². The molecule has 0 heterocycles. The molecule has 1 amide bonds. The minimum absolute atomic E-state index is 0.0536. The molecular weight excluding hydrogens is 302 g/mol. The Bertz CT molecular complexity index is 458. The first-order valence-electron chi connectivity index (χ1n) is 7.14. The number of nitrogens with one attached hydrogen (secondary N) is 1. The average Bonchev–Trinajstić information content (AvgIpc) is 2.92. The maximum Gasteiger partial charge on any atom is 0.251 e. The highest BCUT2D eigenvalue weighted by Gasteiger charge is 2.27. The maximum absolute atomic E-state index is 12.4. The van der Waals surface area contributed by atoms with Crippen molar-refractivity contribution < 1.29 is 4.79 Å². The quantitative estimate of drug-likeness (QED) is 0.819. The number of carbonyl (C=O) groups excluding carboxylic acids is 1. The van der Waals surface area contributed by atoms with E-state index < -0.39 is 0 Å². The van der Waals surface area contributed by atoms with Gasteiger partial charge in [0, 0.05) is 16.4 Å². The van der Waals surface area contributed by atoms with Crippen molar-refractivity contribution in [2.45, 2.75) is 51.5 Å². The van der Waals surface area contributed by atoms with Gasteiger partial charge in [-0.2, -0.15) is 0 Å². The van der Waals surface area contributed by atoms with Gasteiger partial charge in [0.05, 0.1) is 0 Å². The van der Waals surface area contributed by atoms with E-state index in [1.165, 1.54) is 17.5 Å². The van der Waals surface area contributed by atoms with Gasteiger partial charge in [-0.05, 0) is 55.4 Å². The van der Waals surface area contributed by atoms with E-state index in [4.69, 9.17) is 0 Å². The Hall–Kier alpha value is -0.830. The Morgan fingerprint density at radius 1 is 1.26 bits per heavy atom. The third-order valence-corrected chi connectivity index (χ3v) is 5.42. The highest BCUT2D eigenvalue weighted by atomic mass is 79.9. The molecule has 0 unspecified atom stereocenters. The topological polar surface area (TPSA) is 29.1 Å². The van der Waals surface area contributed by atoms with Crippen molar-refractivity contribution in [3.63, 3.8) is 0 Å². The second-order valence-electron chi connectivity index (χ2n) is 5.41. The van der Waals surface area contributed by atoms with Crippen LogP contribution in [0.2, 0.25) is 0 Å². The Morgan fingerprint density at radius 3 is 2.58 bits per heavy atom. The van der Waals surface area contributed by atoms with Crippen LogP contribution < -0.4 is 5.32 Å². The summed E-state index contributed by atoms with van der Waals surface area (Å²) in [6.07, 6.45) is 5.36. The molecule has 0 fully saturated rings. The van der Waals surface area contributed by atoms with E-state index in [0.717, 1.165) is 36.6 Å². The lowest BCUT2D eigenvalue weighted by Gasteiger charge is -2.31. The van der Waals surface area contributed by atoms with Gasteiger partial charge in [-0.25, -0.2) is 0 Å². The molecule has 0 aliphatic heterocycles. The van der Waals surface area contributed by atoms with E-state index in [1.54, 1.807) is 0 Å². The summed E-state index contributed by atoms with van der Waals surface area (Å²) in [5, 5.41) is 4.00. The fraction of sp³-hybridized carbons (Fsp3) is 0.562. The Morgan fingerprint density at radius 2 is 1.95 bits per heavy atom. The van der Waals surface area contributed by atoms with Crippen LogP contribution in [0.15, 0.2) is 18.2 Å². The average molecular weight is 324 g/mol. The van der Waals surface area contributed by atoms with E-state index in [-0.39, 0.29) is 11.4 Å². The molecule has 1 aliphatic rings. The van der Waals surface area contributed by atoms with Crippen LogP contribution in [-0.2, 0) is 12.8 Å². The molecule has 0 radical (unpaired) electrons. The van der Waals surface area contributed by atoms with E-state index in [9.17, 15) is 4.79 Å². The highest BCUT2D eigenvalue weighted by molar-refractivity contribution is 9.09. The molecule has 19 heavy (non-hydrogen) atoms. The molecule has 0 saturated heterocycles. The number of amides is 1. The van der Waals surface area contributed by atoms with Gasteiger partial charge in [0.25, 0.3) is 5.91 Å². The van der Waals surface area contributed by atoms with Crippen LogP contribution in [0.25, 0.3) is 0 Å². The van der Waals surface area contributed by atoms with Gasteiger partial charge in [0.15, 0.2) is 0 Å². The molecule has 2 rings (SSSR count). The smallest absolute Gasteiger partial charge is 0.251 e. The molecule has 104 valence electrons. The number of carbonyl (C=O) groups is 1. The van der Waals surface area contributed by atoms with Crippen LogP contribution in [0.1, 0.15) is 54.6 Å². The van der Waals surface area contributed by atoms with Crippen molar-refractivity contribution in [3.05, 3.63) is 34.9 Å². The summed E-state index contributed by atoms with van der Waals surface area (Å²) >= 11 is 3.53. The first-order valence-corrected chi connectivity index (χ1v) is 8.26. The predicted molar refractivity (Wildman–Crippen MR) is 83.0 cm³/mol. The third-order valence-electron chi connectivity index (χ3n) is 4.35. The van der Waals surface area contributed by atoms with Gasteiger partial charge in [-0.1, -0.05) is 35.8 Å². The molecule has 1 N–H and O–H groups in total. The second-order valence-corrected chi connectivity index (χ2v) is 5.97. The van der Waals surface area contributed by atoms with E-state index in [0.29, 0.717) is 0 Å². The van der Waals surface area contributed by atoms with Crippen LogP contribution >= 0.6 is 15.9 Å². The van der Waals surface area contributed by atoms with Crippen LogP contribution in [0.5, 0.6) is 0 Å². The van der Waals surface area contributed by atoms with Crippen molar-refractivity contribution in [3.8, 4) is 0 Å². The van der Waals surface area contributed by atoms with E-state index in [2.05, 4.69) is 47.2 Å². The van der Waals surface area contributed by atoms with Crippen molar-refractivity contribution in [2.24, 2.45) is 0 Å². The lowest BCUT2D eigenvalue weighted by atomic mass is 9.94. The van der Waals surface area contributed by atoms with Crippen molar-refractivity contribution >= 4 is 21.8 Å². The third kappa shape index (κ3) is 3.02. The summed E-state index contributed by atoms with van der Waals surface area (Å²) in [6, 6.07) is 6.15. The molecular formula is C16H22BrNO. The number of alkyl halides is 1. The number of aryl methyl sites for hydroxylation is 2. The summed E-state index contributed by atoms with van der Waals surface area (Å²) in [5.74, 6) is 0.0536. The fourth-order valence-electron chi connectivity index (χ4n) is 2.68. The molecule has 1 aromatic rings. The number of hydrogen-bond donors (Lipinski definition) is 1. The summed E-state index contributed by atoms with van der Waals surface area (Å²) in [4.78, 5) is 12.4. The maximum atomic E-state index is 12.4. The second kappa shape index (κ2) is 6.08. The zero-order valence-corrected chi connectivity index (χ0v) is 13.3. The molecule has 0 spiro atoms. The van der Waals surface area contributed by atoms with E-state index in [1.807, 2.05) is 6.07 Å². The molecule has 0 aromatic heterocycles. The fourth-order valence-corrected chi connectivity index (χ4v) is 3.61. The zero-order chi connectivity index (χ0) is 13.9. The standard InChI is InChI=1S/C16H22BrNO/c1-3-16(4-2,11-17)18-15(19)14-9-8-12-6-5-7-13(12)10-14/h8-10H,3-7,11H2,1-2H3,(H,18,19). The van der Waals surface area contributed by atoms with Crippen LogP contribution in [0.3, 0.4) is 0 Å². The molecule has 0 bridgehead atoms. The van der Waals surface area contributed by atoms with Gasteiger partial charge in [-0.15, -0.1) is 0 Å². The Balaban J connectivity index is 2.16. The van der Waals surface area contributed by atoms with E-state index >= 15 is 0 Å². The molecule has 3 heteroatoms. The minimum atomic E-state index is -0.129. The van der Waals surface area contributed by atoms with Crippen LogP contribution in [-0.4, -0.2) is 16.8 Å². The summed E-state index contributed by atoms with van der Waals surface area (Å²) < 4.78 is 0. The first kappa shape index (κ1) is 14.6. The Labute approximate surface area is 124 Å². The Kier molecular flexibility index (Phi) is 4.67. The monoisotopic (exact) mass is 323 g/mol. The van der Waals surface area contributed by atoms with Gasteiger partial charge in [0.2, 0.25) is 0 Å². The molecule has 0 atom stereocenters. The lowest BCUT2D eigenvalue weighted by Crippen LogP contribution is -2.49. The largest absolute Gasteiger partial charge is 0.346 e. The number of hydrogen-bond acceptors (Lipinski definition) is 1. The first-order chi connectivity index (χ1) is 9.14. The van der Waals surface area contributed by atoms with Gasteiger partial charge in [-0.3, -0.25) is 4.79 Å². The van der Waals surface area contributed by atoms with Gasteiger partial charge >= 0.3 is 0 Å². The predicted octanol–water partition coefficient (Wildman–Crippen LogP) is 3.86. The summed E-state index contributed by atoms with van der Waals surface area (Å²) in [6.45, 7) is 4.24. The zero-order valence-electron chi connectivity index (χ0n) is 11.8. The molecule has 0 saturated carbocycles. The summed E-state index contributed by atoms with van der Waals surface area (Å²) in [5.41, 5.74) is 3.43. The SMILES string of the molecule is CCC(CC)(CBr)NC(=O)c1ccc2c(c1)CCC2. The molecule has 1 aliphatic carbocycles. The number of fused-ring (bicyclic) bond motifs is 1. The molecule has 2 nitrogen and oxygen atoms in total. The van der Waals surface area contributed by atoms with Crippen molar-refractivity contribution in [2.75, 3.05) is 5.33 Å². The molecule has 1 aromatic carbocycles. The lowest BCUT2D eigenvalue weighted by molar-refractivity contribution is 0.0903. The normalized spacial score (nSPS) is 14.3. The van der Waals surface area contributed by atoms with Gasteiger partial charge < -0.3 is 5.32 Å². The minimum Gasteiger partial charge on any atom is -0.346 e. The number of halogens is 1. The van der Waals surface area contributed by atoms with Crippen molar-refractivity contribution in [1.29, 1.82) is 0 Å². The number of rotatable bonds is 5. The number of benzene rings is 1. The van der Waals surface area contributed by atoms with Crippen LogP contribution in [0, 0.1) is 0 Å². The summed E-state index contributed by atoms with van der Waals surface area (Å²) in [7, 11) is 0. The van der Waals surface area contributed by atoms with Crippen molar-refractivity contribution in [1.82, 2.24) is 5.32 Å².